The van der Waals surface area contributed by atoms with Crippen molar-refractivity contribution in [2.45, 2.75) is 6.42 Å². The van der Waals surface area contributed by atoms with Crippen molar-refractivity contribution in [1.29, 1.82) is 0 Å². The van der Waals surface area contributed by atoms with Gasteiger partial charge >= 0.3 is 0 Å². The van der Waals surface area contributed by atoms with Gasteiger partial charge in [-0.25, -0.2) is 0 Å². The van der Waals surface area contributed by atoms with E-state index in [2.05, 4.69) is 17.9 Å². The van der Waals surface area contributed by atoms with Gasteiger partial charge in [0.1, 0.15) is 5.75 Å². The highest BCUT2D eigenvalue weighted by molar-refractivity contribution is 7.81. The number of carbonyl (C=O) groups is 1. The zero-order chi connectivity index (χ0) is 9.97. The molecule has 0 saturated carbocycles. The van der Waals surface area contributed by atoms with Gasteiger partial charge in [-0.05, 0) is 23.8 Å². The number of rotatable bonds is 2. The number of carbonyl (C=O) groups excluding carboxylic acids is 1. The Morgan fingerprint density at radius 2 is 2.43 bits per heavy atom. The molecule has 14 heavy (non-hydrogen) atoms. The van der Waals surface area contributed by atoms with Gasteiger partial charge in [0.05, 0.1) is 12.4 Å². The molecule has 0 atom stereocenters. The normalized spacial score (nSPS) is 13.2. The topological polar surface area (TPSA) is 38.3 Å². The van der Waals surface area contributed by atoms with Crippen LogP contribution >= 0.6 is 12.6 Å². The smallest absolute Gasteiger partial charge is 0.234 e. The number of hydrogen-bond donors (Lipinski definition) is 2. The maximum atomic E-state index is 11.1. The van der Waals surface area contributed by atoms with Crippen molar-refractivity contribution in [3.63, 3.8) is 0 Å². The average molecular weight is 209 g/mol. The summed E-state index contributed by atoms with van der Waals surface area (Å²) in [5.74, 6) is 1.04. The van der Waals surface area contributed by atoms with Crippen LogP contribution in [0.3, 0.4) is 0 Å². The standard InChI is InChI=1S/C10H11NO2S/c12-10(6-14)11-8-1-2-9-7(5-8)3-4-13-9/h1-2,5,14H,3-4,6H2,(H,11,12). The van der Waals surface area contributed by atoms with Crippen LogP contribution in [0.4, 0.5) is 5.69 Å². The molecular weight excluding hydrogens is 198 g/mol. The van der Waals surface area contributed by atoms with E-state index in [-0.39, 0.29) is 11.7 Å². The molecule has 0 fully saturated rings. The van der Waals surface area contributed by atoms with E-state index < -0.39 is 0 Å². The Hall–Kier alpha value is -1.16. The third kappa shape index (κ3) is 1.85. The monoisotopic (exact) mass is 209 g/mol. The van der Waals surface area contributed by atoms with E-state index in [0.29, 0.717) is 0 Å². The first-order valence-electron chi connectivity index (χ1n) is 4.46. The summed E-state index contributed by atoms with van der Waals surface area (Å²) in [5, 5.41) is 2.75. The van der Waals surface area contributed by atoms with Crippen molar-refractivity contribution >= 4 is 24.2 Å². The molecule has 0 spiro atoms. The fourth-order valence-corrected chi connectivity index (χ4v) is 1.54. The predicted molar refractivity (Wildman–Crippen MR) is 58.1 cm³/mol. The van der Waals surface area contributed by atoms with Gasteiger partial charge in [-0.1, -0.05) is 0 Å². The number of anilines is 1. The summed E-state index contributed by atoms with van der Waals surface area (Å²) in [5.41, 5.74) is 1.97. The minimum Gasteiger partial charge on any atom is -0.493 e. The second-order valence-corrected chi connectivity index (χ2v) is 3.44. The van der Waals surface area contributed by atoms with E-state index in [0.717, 1.165) is 30.0 Å². The van der Waals surface area contributed by atoms with Crippen LogP contribution in [0.5, 0.6) is 5.75 Å². The zero-order valence-electron chi connectivity index (χ0n) is 7.62. The fourth-order valence-electron chi connectivity index (χ4n) is 1.46. The number of ether oxygens (including phenoxy) is 1. The number of amides is 1. The van der Waals surface area contributed by atoms with Gasteiger partial charge in [0.25, 0.3) is 0 Å². The predicted octanol–water partition coefficient (Wildman–Crippen LogP) is 1.49. The van der Waals surface area contributed by atoms with Gasteiger partial charge < -0.3 is 10.1 Å². The highest BCUT2D eigenvalue weighted by atomic mass is 32.1. The van der Waals surface area contributed by atoms with Crippen LogP contribution in [-0.2, 0) is 11.2 Å². The molecule has 74 valence electrons. The third-order valence-electron chi connectivity index (χ3n) is 2.12. The maximum absolute atomic E-state index is 11.1. The molecule has 0 aromatic heterocycles. The molecule has 3 nitrogen and oxygen atoms in total. The molecule has 0 bridgehead atoms. The highest BCUT2D eigenvalue weighted by Gasteiger charge is 2.12. The fraction of sp³-hybridized carbons (Fsp3) is 0.300. The second kappa shape index (κ2) is 3.92. The van der Waals surface area contributed by atoms with Crippen LogP contribution in [0.15, 0.2) is 18.2 Å². The lowest BCUT2D eigenvalue weighted by atomic mass is 10.1. The summed E-state index contributed by atoms with van der Waals surface area (Å²) in [6.45, 7) is 0.735. The minimum atomic E-state index is -0.0906. The summed E-state index contributed by atoms with van der Waals surface area (Å²) in [6.07, 6.45) is 0.917. The Morgan fingerprint density at radius 3 is 3.21 bits per heavy atom. The molecule has 2 rings (SSSR count). The molecule has 1 N–H and O–H groups in total. The van der Waals surface area contributed by atoms with Crippen LogP contribution in [0.25, 0.3) is 0 Å². The summed E-state index contributed by atoms with van der Waals surface area (Å²) in [7, 11) is 0. The summed E-state index contributed by atoms with van der Waals surface area (Å²) >= 11 is 3.89. The second-order valence-electron chi connectivity index (χ2n) is 3.13. The van der Waals surface area contributed by atoms with E-state index in [1.807, 2.05) is 18.2 Å². The van der Waals surface area contributed by atoms with Crippen molar-refractivity contribution in [2.75, 3.05) is 17.7 Å². The summed E-state index contributed by atoms with van der Waals surface area (Å²) in [4.78, 5) is 11.1. The first-order chi connectivity index (χ1) is 6.79. The number of hydrogen-bond acceptors (Lipinski definition) is 3. The van der Waals surface area contributed by atoms with Crippen LogP contribution in [0.1, 0.15) is 5.56 Å². The van der Waals surface area contributed by atoms with Crippen molar-refractivity contribution in [1.82, 2.24) is 0 Å². The van der Waals surface area contributed by atoms with E-state index in [1.54, 1.807) is 0 Å². The molecule has 1 heterocycles. The average Bonchev–Trinajstić information content (AvgIpc) is 2.64. The number of benzene rings is 1. The molecule has 0 aliphatic carbocycles. The van der Waals surface area contributed by atoms with Gasteiger partial charge in [0.2, 0.25) is 5.91 Å². The first-order valence-corrected chi connectivity index (χ1v) is 5.09. The highest BCUT2D eigenvalue weighted by Crippen LogP contribution is 2.27. The lowest BCUT2D eigenvalue weighted by Crippen LogP contribution is -2.12. The first kappa shape index (κ1) is 9.40. The van der Waals surface area contributed by atoms with Gasteiger partial charge in [0, 0.05) is 12.1 Å². The quantitative estimate of drug-likeness (QED) is 0.724. The van der Waals surface area contributed by atoms with Gasteiger partial charge in [0.15, 0.2) is 0 Å². The van der Waals surface area contributed by atoms with Gasteiger partial charge in [-0.3, -0.25) is 4.79 Å². The van der Waals surface area contributed by atoms with E-state index in [1.165, 1.54) is 0 Å². The third-order valence-corrected chi connectivity index (χ3v) is 2.40. The van der Waals surface area contributed by atoms with E-state index in [4.69, 9.17) is 4.74 Å². The summed E-state index contributed by atoms with van der Waals surface area (Å²) < 4.78 is 5.36. The van der Waals surface area contributed by atoms with Crippen molar-refractivity contribution in [2.24, 2.45) is 0 Å². The zero-order valence-corrected chi connectivity index (χ0v) is 8.51. The Kier molecular flexibility index (Phi) is 2.63. The van der Waals surface area contributed by atoms with Crippen LogP contribution < -0.4 is 10.1 Å². The number of nitrogens with one attached hydrogen (secondary N) is 1. The molecule has 1 aromatic carbocycles. The molecule has 4 heteroatoms. The number of fused-ring (bicyclic) bond motifs is 1. The molecular formula is C10H11NO2S. The molecule has 0 saturated heterocycles. The molecule has 1 aliphatic rings. The Balaban J connectivity index is 2.16. The number of thiol groups is 1. The van der Waals surface area contributed by atoms with Crippen molar-refractivity contribution in [3.05, 3.63) is 23.8 Å². The van der Waals surface area contributed by atoms with E-state index >= 15 is 0 Å². The van der Waals surface area contributed by atoms with Crippen LogP contribution in [0.2, 0.25) is 0 Å². The van der Waals surface area contributed by atoms with E-state index in [9.17, 15) is 4.79 Å². The minimum absolute atomic E-state index is 0.0906. The van der Waals surface area contributed by atoms with Crippen LogP contribution in [0, 0.1) is 0 Å². The Bertz CT molecular complexity index is 365. The van der Waals surface area contributed by atoms with Gasteiger partial charge in [-0.15, -0.1) is 0 Å². The van der Waals surface area contributed by atoms with Crippen LogP contribution in [-0.4, -0.2) is 18.3 Å². The summed E-state index contributed by atoms with van der Waals surface area (Å²) in [6, 6.07) is 5.67. The Labute approximate surface area is 87.9 Å². The van der Waals surface area contributed by atoms with Crippen molar-refractivity contribution < 1.29 is 9.53 Å². The maximum Gasteiger partial charge on any atom is 0.234 e. The largest absolute Gasteiger partial charge is 0.493 e. The van der Waals surface area contributed by atoms with Gasteiger partial charge in [-0.2, -0.15) is 12.6 Å². The molecule has 1 amide bonds. The van der Waals surface area contributed by atoms with Crippen molar-refractivity contribution in [3.8, 4) is 5.75 Å². The SMILES string of the molecule is O=C(CS)Nc1ccc2c(c1)CCO2. The molecule has 0 unspecified atom stereocenters. The molecule has 1 aliphatic heterocycles. The molecule has 0 radical (unpaired) electrons. The lowest BCUT2D eigenvalue weighted by Gasteiger charge is -2.04. The molecule has 1 aromatic rings. The lowest BCUT2D eigenvalue weighted by molar-refractivity contribution is -0.113. The Morgan fingerprint density at radius 1 is 1.57 bits per heavy atom.